The predicted octanol–water partition coefficient (Wildman–Crippen LogP) is 5.58. The molecule has 1 atom stereocenters. The summed E-state index contributed by atoms with van der Waals surface area (Å²) in [5.74, 6) is 0.512. The van der Waals surface area contributed by atoms with Crippen LogP contribution in [0.2, 0.25) is 0 Å². The van der Waals surface area contributed by atoms with Crippen LogP contribution in [0.5, 0.6) is 5.75 Å². The molecule has 1 fully saturated rings. The molecule has 27 heavy (non-hydrogen) atoms. The smallest absolute Gasteiger partial charge is 0.124 e. The van der Waals surface area contributed by atoms with Crippen molar-refractivity contribution in [3.63, 3.8) is 0 Å². The summed E-state index contributed by atoms with van der Waals surface area (Å²) in [5.41, 5.74) is 3.52. The van der Waals surface area contributed by atoms with Gasteiger partial charge in [-0.3, -0.25) is 4.90 Å². The standard InChI is InChI=1S/C22H38N2O.2ClH/c1-8-9-19(24-12-10-23-11-13-24)17-14-16(21(2,3)4)15-18(20(17)25)22(5,6)7;;/h14-15,19,23,25H,8-13H2,1-7H3;2*1H/t19-;;/m0../s1. The fourth-order valence-electron chi connectivity index (χ4n) is 3.72. The third-order valence-electron chi connectivity index (χ3n) is 5.33. The molecule has 0 radical (unpaired) electrons. The van der Waals surface area contributed by atoms with E-state index in [1.54, 1.807) is 0 Å². The molecule has 2 rings (SSSR count). The molecule has 0 amide bonds. The Morgan fingerprint density at radius 3 is 2.00 bits per heavy atom. The molecule has 1 saturated heterocycles. The molecule has 5 heteroatoms. The zero-order chi connectivity index (χ0) is 18.8. The molecule has 0 bridgehead atoms. The number of piperazine rings is 1. The lowest BCUT2D eigenvalue weighted by Crippen LogP contribution is -2.45. The molecule has 0 saturated carbocycles. The number of phenols is 1. The molecule has 1 aromatic carbocycles. The SMILES string of the molecule is CCC[C@@H](c1cc(C(C)(C)C)cc(C(C)(C)C)c1O)N1CCNCC1.Cl.Cl. The van der Waals surface area contributed by atoms with Gasteiger partial charge in [0, 0.05) is 37.8 Å². The lowest BCUT2D eigenvalue weighted by Gasteiger charge is -2.37. The molecule has 0 unspecified atom stereocenters. The van der Waals surface area contributed by atoms with Crippen molar-refractivity contribution in [1.29, 1.82) is 0 Å². The van der Waals surface area contributed by atoms with E-state index in [0.717, 1.165) is 50.1 Å². The quantitative estimate of drug-likeness (QED) is 0.669. The van der Waals surface area contributed by atoms with Crippen LogP contribution in [0.15, 0.2) is 12.1 Å². The van der Waals surface area contributed by atoms with Crippen molar-refractivity contribution in [3.05, 3.63) is 28.8 Å². The van der Waals surface area contributed by atoms with Crippen molar-refractivity contribution in [2.45, 2.75) is 78.2 Å². The Labute approximate surface area is 179 Å². The first-order valence-electron chi connectivity index (χ1n) is 9.88. The molecule has 2 N–H and O–H groups in total. The number of aromatic hydroxyl groups is 1. The average Bonchev–Trinajstić information content (AvgIpc) is 2.52. The van der Waals surface area contributed by atoms with Gasteiger partial charge in [0.25, 0.3) is 0 Å². The topological polar surface area (TPSA) is 35.5 Å². The average molecular weight is 419 g/mol. The summed E-state index contributed by atoms with van der Waals surface area (Å²) in [5, 5.41) is 14.6. The first-order valence-corrected chi connectivity index (χ1v) is 9.88. The van der Waals surface area contributed by atoms with Crippen LogP contribution >= 0.6 is 24.8 Å². The Morgan fingerprint density at radius 1 is 1.00 bits per heavy atom. The van der Waals surface area contributed by atoms with E-state index in [1.165, 1.54) is 5.56 Å². The van der Waals surface area contributed by atoms with Crippen LogP contribution in [0, 0.1) is 0 Å². The van der Waals surface area contributed by atoms with Gasteiger partial charge < -0.3 is 10.4 Å². The van der Waals surface area contributed by atoms with Crippen molar-refractivity contribution < 1.29 is 5.11 Å². The van der Waals surface area contributed by atoms with Gasteiger partial charge in [0.05, 0.1) is 0 Å². The van der Waals surface area contributed by atoms with Crippen LogP contribution < -0.4 is 5.32 Å². The first-order chi connectivity index (χ1) is 11.6. The highest BCUT2D eigenvalue weighted by atomic mass is 35.5. The van der Waals surface area contributed by atoms with Crippen LogP contribution in [0.1, 0.15) is 84.0 Å². The van der Waals surface area contributed by atoms with Gasteiger partial charge in [0.1, 0.15) is 5.75 Å². The van der Waals surface area contributed by atoms with Crippen LogP contribution in [0.4, 0.5) is 0 Å². The Morgan fingerprint density at radius 2 is 1.56 bits per heavy atom. The van der Waals surface area contributed by atoms with Crippen molar-refractivity contribution in [2.75, 3.05) is 26.2 Å². The third-order valence-corrected chi connectivity index (χ3v) is 5.33. The lowest BCUT2D eigenvalue weighted by molar-refractivity contribution is 0.161. The first kappa shape index (κ1) is 26.5. The summed E-state index contributed by atoms with van der Waals surface area (Å²) in [4.78, 5) is 2.55. The highest BCUT2D eigenvalue weighted by Gasteiger charge is 2.30. The lowest BCUT2D eigenvalue weighted by atomic mass is 9.77. The summed E-state index contributed by atoms with van der Waals surface area (Å²) in [6.45, 7) is 19.8. The molecule has 0 aliphatic carbocycles. The number of nitrogens with zero attached hydrogens (tertiary/aromatic N) is 1. The number of nitrogens with one attached hydrogen (secondary N) is 1. The number of benzene rings is 1. The molecule has 0 spiro atoms. The van der Waals surface area contributed by atoms with E-state index in [4.69, 9.17) is 0 Å². The van der Waals surface area contributed by atoms with Crippen molar-refractivity contribution >= 4 is 24.8 Å². The van der Waals surface area contributed by atoms with Gasteiger partial charge in [0.2, 0.25) is 0 Å². The van der Waals surface area contributed by atoms with E-state index in [0.29, 0.717) is 11.8 Å². The number of hydrogen-bond donors (Lipinski definition) is 2. The fourth-order valence-corrected chi connectivity index (χ4v) is 3.72. The van der Waals surface area contributed by atoms with E-state index < -0.39 is 0 Å². The van der Waals surface area contributed by atoms with Crippen molar-refractivity contribution in [3.8, 4) is 5.75 Å². The van der Waals surface area contributed by atoms with Crippen molar-refractivity contribution in [2.24, 2.45) is 0 Å². The minimum absolute atomic E-state index is 0. The van der Waals surface area contributed by atoms with Crippen LogP contribution in [0.25, 0.3) is 0 Å². The molecular formula is C22H40Cl2N2O. The second-order valence-corrected chi connectivity index (χ2v) is 9.55. The maximum atomic E-state index is 11.2. The van der Waals surface area contributed by atoms with E-state index in [1.807, 2.05) is 0 Å². The van der Waals surface area contributed by atoms with Gasteiger partial charge in [-0.1, -0.05) is 61.0 Å². The van der Waals surface area contributed by atoms with Crippen LogP contribution in [0.3, 0.4) is 0 Å². The van der Waals surface area contributed by atoms with Crippen molar-refractivity contribution in [1.82, 2.24) is 10.2 Å². The summed E-state index contributed by atoms with van der Waals surface area (Å²) in [6, 6.07) is 4.79. The normalized spacial score (nSPS) is 17.0. The summed E-state index contributed by atoms with van der Waals surface area (Å²) in [6.07, 6.45) is 2.21. The van der Waals surface area contributed by atoms with E-state index in [-0.39, 0.29) is 35.6 Å². The molecule has 1 aliphatic heterocycles. The van der Waals surface area contributed by atoms with E-state index >= 15 is 0 Å². The van der Waals surface area contributed by atoms with Gasteiger partial charge in [-0.2, -0.15) is 0 Å². The second-order valence-electron chi connectivity index (χ2n) is 9.55. The molecule has 1 aromatic rings. The third kappa shape index (κ3) is 6.52. The number of hydrogen-bond acceptors (Lipinski definition) is 3. The number of phenolic OH excluding ortho intramolecular Hbond substituents is 1. The van der Waals surface area contributed by atoms with E-state index in [2.05, 4.69) is 70.8 Å². The van der Waals surface area contributed by atoms with E-state index in [9.17, 15) is 5.11 Å². The van der Waals surface area contributed by atoms with Gasteiger partial charge in [-0.05, 0) is 34.4 Å². The Hall–Kier alpha value is -0.480. The minimum atomic E-state index is -0.0691. The van der Waals surface area contributed by atoms with Crippen LogP contribution in [-0.4, -0.2) is 36.2 Å². The van der Waals surface area contributed by atoms with Crippen LogP contribution in [-0.2, 0) is 10.8 Å². The fraction of sp³-hybridized carbons (Fsp3) is 0.727. The molecule has 158 valence electrons. The minimum Gasteiger partial charge on any atom is -0.507 e. The molecule has 1 heterocycles. The molecule has 3 nitrogen and oxygen atoms in total. The summed E-state index contributed by atoms with van der Waals surface area (Å²) in [7, 11) is 0. The maximum absolute atomic E-state index is 11.2. The Balaban J connectivity index is 0.00000338. The largest absolute Gasteiger partial charge is 0.507 e. The van der Waals surface area contributed by atoms with Gasteiger partial charge >= 0.3 is 0 Å². The maximum Gasteiger partial charge on any atom is 0.124 e. The Bertz CT molecular complexity index is 585. The summed E-state index contributed by atoms with van der Waals surface area (Å²) < 4.78 is 0. The number of rotatable bonds is 4. The molecular weight excluding hydrogens is 379 g/mol. The highest BCUT2D eigenvalue weighted by molar-refractivity contribution is 5.85. The molecule has 1 aliphatic rings. The molecule has 0 aromatic heterocycles. The highest BCUT2D eigenvalue weighted by Crippen LogP contribution is 2.42. The predicted molar refractivity (Wildman–Crippen MR) is 122 cm³/mol. The van der Waals surface area contributed by atoms with Gasteiger partial charge in [0.15, 0.2) is 0 Å². The summed E-state index contributed by atoms with van der Waals surface area (Å²) >= 11 is 0. The number of halogens is 2. The van der Waals surface area contributed by atoms with Gasteiger partial charge in [-0.25, -0.2) is 0 Å². The zero-order valence-electron chi connectivity index (χ0n) is 18.2. The monoisotopic (exact) mass is 418 g/mol. The Kier molecular flexibility index (Phi) is 10.2. The second kappa shape index (κ2) is 10.3. The zero-order valence-corrected chi connectivity index (χ0v) is 19.8. The van der Waals surface area contributed by atoms with Gasteiger partial charge in [-0.15, -0.1) is 24.8 Å².